The van der Waals surface area contributed by atoms with E-state index in [0.717, 1.165) is 31.5 Å². The van der Waals surface area contributed by atoms with Crippen LogP contribution in [0, 0.1) is 5.92 Å². The summed E-state index contributed by atoms with van der Waals surface area (Å²) in [4.78, 5) is 29.4. The lowest BCUT2D eigenvalue weighted by atomic mass is 10.0. The van der Waals surface area contributed by atoms with E-state index in [0.29, 0.717) is 12.8 Å². The maximum Gasteiger partial charge on any atom is 0.433 e. The molecule has 1 heterocycles. The molecule has 1 rings (SSSR count). The highest BCUT2D eigenvalue weighted by Gasteiger charge is 2.32. The van der Waals surface area contributed by atoms with Gasteiger partial charge in [0.25, 0.3) is 0 Å². The second kappa shape index (κ2) is 9.68. The Balaban J connectivity index is 2.62. The van der Waals surface area contributed by atoms with Gasteiger partial charge in [0.05, 0.1) is 5.92 Å². The molecule has 0 aliphatic heterocycles. The number of anilines is 1. The number of carbonyl (C=O) groups excluding carboxylic acids is 2. The Bertz CT molecular complexity index is 539. The molecule has 1 aromatic rings. The van der Waals surface area contributed by atoms with Gasteiger partial charge in [-0.15, -0.1) is 0 Å². The van der Waals surface area contributed by atoms with E-state index < -0.39 is 23.7 Å². The van der Waals surface area contributed by atoms with Crippen molar-refractivity contribution in [1.82, 2.24) is 20.7 Å². The van der Waals surface area contributed by atoms with Crippen LogP contribution >= 0.6 is 0 Å². The summed E-state index contributed by atoms with van der Waals surface area (Å²) in [6.45, 7) is 2.16. The molecule has 0 saturated carbocycles. The number of amides is 2. The fourth-order valence-corrected chi connectivity index (χ4v) is 1.95. The van der Waals surface area contributed by atoms with Crippen molar-refractivity contribution >= 4 is 18.3 Å². The van der Waals surface area contributed by atoms with E-state index >= 15 is 0 Å². The quantitative estimate of drug-likeness (QED) is 0.341. The first kappa shape index (κ1) is 19.7. The van der Waals surface area contributed by atoms with Crippen LogP contribution in [0.15, 0.2) is 12.3 Å². The van der Waals surface area contributed by atoms with Gasteiger partial charge < -0.3 is 5.32 Å². The molecule has 1 aromatic heterocycles. The van der Waals surface area contributed by atoms with Crippen molar-refractivity contribution in [1.29, 1.82) is 0 Å². The number of aromatic nitrogens is 2. The van der Waals surface area contributed by atoms with Gasteiger partial charge in [-0.1, -0.05) is 26.2 Å². The maximum absolute atomic E-state index is 12.6. The summed E-state index contributed by atoms with van der Waals surface area (Å²) < 4.78 is 37.7. The Kier molecular flexibility index (Phi) is 7.93. The summed E-state index contributed by atoms with van der Waals surface area (Å²) in [6.07, 6.45) is 0.0992. The highest BCUT2D eigenvalue weighted by molar-refractivity contribution is 5.80. The Morgan fingerprint density at radius 3 is 2.75 bits per heavy atom. The molecule has 134 valence electrons. The number of hydrogen-bond donors (Lipinski definition) is 3. The van der Waals surface area contributed by atoms with E-state index in [1.165, 1.54) is 0 Å². The van der Waals surface area contributed by atoms with E-state index in [-0.39, 0.29) is 12.5 Å². The van der Waals surface area contributed by atoms with Crippen molar-refractivity contribution in [2.24, 2.45) is 5.92 Å². The molecule has 0 unspecified atom stereocenters. The maximum atomic E-state index is 12.6. The Morgan fingerprint density at radius 2 is 2.12 bits per heavy atom. The van der Waals surface area contributed by atoms with Crippen molar-refractivity contribution in [3.63, 3.8) is 0 Å². The number of nitrogens with one attached hydrogen (secondary N) is 3. The summed E-state index contributed by atoms with van der Waals surface area (Å²) in [5.74, 6) is -1.32. The molecule has 0 radical (unpaired) electrons. The summed E-state index contributed by atoms with van der Waals surface area (Å²) in [6, 6.07) is 0.731. The topological polar surface area (TPSA) is 96.0 Å². The molecule has 0 aromatic carbocycles. The Labute approximate surface area is 137 Å². The molecule has 3 N–H and O–H groups in total. The zero-order chi connectivity index (χ0) is 18.0. The zero-order valence-corrected chi connectivity index (χ0v) is 13.2. The molecular formula is C14H20F3N5O2. The van der Waals surface area contributed by atoms with Crippen molar-refractivity contribution in [2.45, 2.75) is 38.8 Å². The number of nitrogens with zero attached hydrogens (tertiary/aromatic N) is 2. The molecule has 0 saturated heterocycles. The molecule has 0 aliphatic carbocycles. The first-order valence-electron chi connectivity index (χ1n) is 7.51. The fraction of sp³-hybridized carbons (Fsp3) is 0.571. The highest BCUT2D eigenvalue weighted by atomic mass is 19.4. The third-order valence-corrected chi connectivity index (χ3v) is 3.22. The lowest BCUT2D eigenvalue weighted by Crippen LogP contribution is -2.40. The van der Waals surface area contributed by atoms with Gasteiger partial charge in [-0.3, -0.25) is 20.4 Å². The second-order valence-corrected chi connectivity index (χ2v) is 5.10. The molecular weight excluding hydrogens is 327 g/mol. The summed E-state index contributed by atoms with van der Waals surface area (Å²) >= 11 is 0. The van der Waals surface area contributed by atoms with Crippen LogP contribution in [0.3, 0.4) is 0 Å². The van der Waals surface area contributed by atoms with Crippen LogP contribution in [0.25, 0.3) is 0 Å². The molecule has 24 heavy (non-hydrogen) atoms. The minimum atomic E-state index is -4.60. The molecule has 10 heteroatoms. The Morgan fingerprint density at radius 1 is 1.38 bits per heavy atom. The lowest BCUT2D eigenvalue weighted by molar-refractivity contribution is -0.141. The van der Waals surface area contributed by atoms with E-state index in [1.54, 1.807) is 0 Å². The predicted octanol–water partition coefficient (Wildman–Crippen LogP) is 1.88. The Hall–Kier alpha value is -2.39. The van der Waals surface area contributed by atoms with Crippen molar-refractivity contribution in [3.8, 4) is 0 Å². The van der Waals surface area contributed by atoms with Crippen molar-refractivity contribution < 1.29 is 22.8 Å². The summed E-state index contributed by atoms with van der Waals surface area (Å²) in [7, 11) is 0. The van der Waals surface area contributed by atoms with Gasteiger partial charge in [0.2, 0.25) is 18.3 Å². The molecule has 0 spiro atoms. The third kappa shape index (κ3) is 6.80. The fourth-order valence-electron chi connectivity index (χ4n) is 1.95. The van der Waals surface area contributed by atoms with Gasteiger partial charge in [0, 0.05) is 12.7 Å². The third-order valence-electron chi connectivity index (χ3n) is 3.22. The second-order valence-electron chi connectivity index (χ2n) is 5.10. The molecule has 0 aliphatic rings. The van der Waals surface area contributed by atoms with Gasteiger partial charge in [-0.2, -0.15) is 13.2 Å². The highest BCUT2D eigenvalue weighted by Crippen LogP contribution is 2.27. The van der Waals surface area contributed by atoms with Crippen molar-refractivity contribution in [2.75, 3.05) is 12.0 Å². The van der Waals surface area contributed by atoms with Crippen LogP contribution in [-0.2, 0) is 15.8 Å². The average Bonchev–Trinajstić information content (AvgIpc) is 2.55. The molecule has 1 atom stereocenters. The van der Waals surface area contributed by atoms with Crippen molar-refractivity contribution in [3.05, 3.63) is 18.0 Å². The number of unbranched alkanes of at least 4 members (excludes halogenated alkanes) is 2. The smallest absolute Gasteiger partial charge is 0.358 e. The molecule has 2 amide bonds. The van der Waals surface area contributed by atoms with Gasteiger partial charge in [0.1, 0.15) is 5.69 Å². The van der Waals surface area contributed by atoms with Gasteiger partial charge >= 0.3 is 6.18 Å². The number of hydrazine groups is 1. The minimum Gasteiger partial charge on any atom is -0.358 e. The molecule has 0 fully saturated rings. The molecule has 7 nitrogen and oxygen atoms in total. The summed E-state index contributed by atoms with van der Waals surface area (Å²) in [5, 5.41) is 2.43. The van der Waals surface area contributed by atoms with Gasteiger partial charge in [0.15, 0.2) is 0 Å². The van der Waals surface area contributed by atoms with Crippen LogP contribution in [-0.4, -0.2) is 28.8 Å². The lowest BCUT2D eigenvalue weighted by Gasteiger charge is -2.16. The van der Waals surface area contributed by atoms with Crippen LogP contribution in [0.2, 0.25) is 0 Å². The normalized spacial score (nSPS) is 12.3. The van der Waals surface area contributed by atoms with Crippen LogP contribution < -0.4 is 16.2 Å². The van der Waals surface area contributed by atoms with Crippen LogP contribution in [0.1, 0.15) is 38.3 Å². The first-order valence-corrected chi connectivity index (χ1v) is 7.51. The monoisotopic (exact) mass is 347 g/mol. The van der Waals surface area contributed by atoms with Gasteiger partial charge in [-0.25, -0.2) is 9.97 Å². The first-order chi connectivity index (χ1) is 11.4. The average molecular weight is 347 g/mol. The van der Waals surface area contributed by atoms with E-state index in [9.17, 15) is 22.8 Å². The van der Waals surface area contributed by atoms with Crippen LogP contribution in [0.4, 0.5) is 19.1 Å². The predicted molar refractivity (Wildman–Crippen MR) is 80.5 cm³/mol. The van der Waals surface area contributed by atoms with Crippen LogP contribution in [0.5, 0.6) is 0 Å². The zero-order valence-electron chi connectivity index (χ0n) is 13.2. The minimum absolute atomic E-state index is 0.143. The number of carbonyl (C=O) groups is 2. The van der Waals surface area contributed by atoms with E-state index in [2.05, 4.69) is 26.1 Å². The SMILES string of the molecule is CCCCC[C@H](CNC=O)C(=O)NNc1nccc(C(F)(F)F)n1. The van der Waals surface area contributed by atoms with Gasteiger partial charge in [-0.05, 0) is 12.5 Å². The van der Waals surface area contributed by atoms with E-state index in [1.807, 2.05) is 6.92 Å². The largest absolute Gasteiger partial charge is 0.433 e. The number of halogens is 3. The molecule has 0 bridgehead atoms. The van der Waals surface area contributed by atoms with E-state index in [4.69, 9.17) is 0 Å². The number of alkyl halides is 3. The number of rotatable bonds is 10. The number of hydrogen-bond acceptors (Lipinski definition) is 5. The standard InChI is InChI=1S/C14H20F3N5O2/c1-2-3-4-5-10(8-18-9-23)12(24)21-22-13-19-7-6-11(20-13)14(15,16)17/h6-7,9-10H,2-5,8H2,1H3,(H,18,23)(H,21,24)(H,19,20,22)/t10-/m1/s1. The summed E-state index contributed by atoms with van der Waals surface area (Å²) in [5.41, 5.74) is 3.43.